The second-order valence-corrected chi connectivity index (χ2v) is 10.5. The fraction of sp³-hybridized carbons (Fsp3) is 0.357. The van der Waals surface area contributed by atoms with Crippen molar-refractivity contribution in [1.82, 2.24) is 10.2 Å². The quantitative estimate of drug-likeness (QED) is 0.340. The van der Waals surface area contributed by atoms with Crippen molar-refractivity contribution in [3.63, 3.8) is 0 Å². The number of nitrogens with zero attached hydrogens (tertiary/aromatic N) is 2. The smallest absolute Gasteiger partial charge is 0.251 e. The number of rotatable bonds is 8. The Bertz CT molecular complexity index is 1170. The van der Waals surface area contributed by atoms with Gasteiger partial charge in [0.05, 0.1) is 0 Å². The molecular formula is C28H33Cl2N3O3S. The first-order valence-electron chi connectivity index (χ1n) is 12.2. The average molecular weight is 563 g/mol. The molecule has 2 atom stereocenters. The number of hydrogen-bond acceptors (Lipinski definition) is 5. The molecule has 1 aromatic heterocycles. The average Bonchev–Trinajstić information content (AvgIpc) is 3.42. The Labute approximate surface area is 234 Å². The summed E-state index contributed by atoms with van der Waals surface area (Å²) in [6.45, 7) is 8.12. The van der Waals surface area contributed by atoms with Gasteiger partial charge in [-0.2, -0.15) is 0 Å². The Hall–Kier alpha value is -2.58. The molecule has 0 aliphatic carbocycles. The molecule has 0 spiro atoms. The molecule has 1 N–H and O–H groups in total. The summed E-state index contributed by atoms with van der Waals surface area (Å²) >= 11 is 7.57. The largest absolute Gasteiger partial charge is 0.457 e. The summed E-state index contributed by atoms with van der Waals surface area (Å²) in [6, 6.07) is 18.3. The van der Waals surface area contributed by atoms with Gasteiger partial charge in [0.1, 0.15) is 23.4 Å². The van der Waals surface area contributed by atoms with Crippen molar-refractivity contribution in [2.24, 2.45) is 5.92 Å². The number of thiophene rings is 1. The topological polar surface area (TPSA) is 61.9 Å². The van der Waals surface area contributed by atoms with Gasteiger partial charge in [-0.3, -0.25) is 14.5 Å². The first-order chi connectivity index (χ1) is 17.4. The normalized spacial score (nSPS) is 16.1. The zero-order chi connectivity index (χ0) is 25.7. The first kappa shape index (κ1) is 29.0. The van der Waals surface area contributed by atoms with E-state index in [9.17, 15) is 9.59 Å². The molecule has 0 radical (unpaired) electrons. The highest BCUT2D eigenvalue weighted by Gasteiger charge is 2.38. The van der Waals surface area contributed by atoms with E-state index in [1.807, 2.05) is 77.9 Å². The number of hydrogen-bond donors (Lipinski definition) is 1. The van der Waals surface area contributed by atoms with Crippen molar-refractivity contribution in [2.75, 3.05) is 30.4 Å². The molecule has 1 aliphatic rings. The van der Waals surface area contributed by atoms with Gasteiger partial charge in [-0.1, -0.05) is 38.1 Å². The Morgan fingerprint density at radius 1 is 1.14 bits per heavy atom. The summed E-state index contributed by atoms with van der Waals surface area (Å²) in [6.07, 6.45) is 0. The maximum atomic E-state index is 14.1. The van der Waals surface area contributed by atoms with Crippen LogP contribution >= 0.6 is 35.3 Å². The van der Waals surface area contributed by atoms with E-state index in [1.54, 1.807) is 4.90 Å². The molecule has 0 bridgehead atoms. The predicted molar refractivity (Wildman–Crippen MR) is 153 cm³/mol. The zero-order valence-electron chi connectivity index (χ0n) is 21.2. The molecule has 198 valence electrons. The number of para-hydroxylation sites is 1. The van der Waals surface area contributed by atoms with Gasteiger partial charge in [0.2, 0.25) is 5.91 Å². The third-order valence-corrected chi connectivity index (χ3v) is 7.57. The molecule has 1 saturated heterocycles. The van der Waals surface area contributed by atoms with Crippen LogP contribution < -0.4 is 15.0 Å². The molecule has 2 heterocycles. The molecule has 37 heavy (non-hydrogen) atoms. The molecule has 0 unspecified atom stereocenters. The maximum Gasteiger partial charge on any atom is 0.251 e. The van der Waals surface area contributed by atoms with Crippen LogP contribution in [0.4, 0.5) is 5.69 Å². The van der Waals surface area contributed by atoms with Crippen LogP contribution in [0.5, 0.6) is 11.5 Å². The number of amides is 2. The predicted octanol–water partition coefficient (Wildman–Crippen LogP) is 6.04. The third-order valence-electron chi connectivity index (χ3n) is 6.42. The number of piperazine rings is 1. The number of aryl methyl sites for hydroxylation is 1. The molecule has 9 heteroatoms. The number of benzene rings is 2. The summed E-state index contributed by atoms with van der Waals surface area (Å²) in [7, 11) is 0. The van der Waals surface area contributed by atoms with E-state index < -0.39 is 6.04 Å². The summed E-state index contributed by atoms with van der Waals surface area (Å²) in [5.74, 6) is 1.13. The van der Waals surface area contributed by atoms with Crippen molar-refractivity contribution in [3.8, 4) is 11.5 Å². The molecule has 2 amide bonds. The lowest BCUT2D eigenvalue weighted by atomic mass is 10.0. The molecule has 3 aromatic rings. The maximum absolute atomic E-state index is 14.1. The number of anilines is 1. The first-order valence-corrected chi connectivity index (χ1v) is 13.6. The van der Waals surface area contributed by atoms with Crippen molar-refractivity contribution < 1.29 is 14.3 Å². The highest BCUT2D eigenvalue weighted by Crippen LogP contribution is 2.36. The van der Waals surface area contributed by atoms with E-state index in [0.29, 0.717) is 30.4 Å². The number of halogens is 2. The molecule has 2 aromatic carbocycles. The van der Waals surface area contributed by atoms with E-state index in [-0.39, 0.29) is 36.1 Å². The van der Waals surface area contributed by atoms with E-state index in [0.717, 1.165) is 22.7 Å². The second-order valence-electron chi connectivity index (χ2n) is 9.27. The monoisotopic (exact) mass is 561 g/mol. The van der Waals surface area contributed by atoms with Crippen molar-refractivity contribution in [2.45, 2.75) is 32.9 Å². The van der Waals surface area contributed by atoms with Gasteiger partial charge in [0.15, 0.2) is 0 Å². The van der Waals surface area contributed by atoms with E-state index in [2.05, 4.69) is 19.2 Å². The highest BCUT2D eigenvalue weighted by atomic mass is 35.5. The van der Waals surface area contributed by atoms with Crippen molar-refractivity contribution >= 4 is 52.8 Å². The van der Waals surface area contributed by atoms with Gasteiger partial charge < -0.3 is 15.0 Å². The zero-order valence-corrected chi connectivity index (χ0v) is 23.6. The van der Waals surface area contributed by atoms with Crippen molar-refractivity contribution in [1.29, 1.82) is 0 Å². The van der Waals surface area contributed by atoms with Crippen LogP contribution in [-0.4, -0.2) is 48.3 Å². The molecule has 1 fully saturated rings. The minimum absolute atomic E-state index is 0. The number of ether oxygens (including phenoxy) is 1. The van der Waals surface area contributed by atoms with Crippen LogP contribution in [-0.2, 0) is 9.59 Å². The fourth-order valence-corrected chi connectivity index (χ4v) is 5.41. The minimum atomic E-state index is -0.790. The van der Waals surface area contributed by atoms with E-state index in [4.69, 9.17) is 16.3 Å². The summed E-state index contributed by atoms with van der Waals surface area (Å²) in [5.41, 5.74) is 1.46. The molecular weight excluding hydrogens is 529 g/mol. The van der Waals surface area contributed by atoms with Gasteiger partial charge in [-0.15, -0.1) is 35.3 Å². The summed E-state index contributed by atoms with van der Waals surface area (Å²) < 4.78 is 5.98. The van der Waals surface area contributed by atoms with Gasteiger partial charge in [-0.05, 0) is 60.2 Å². The summed E-state index contributed by atoms with van der Waals surface area (Å²) in [4.78, 5) is 31.6. The van der Waals surface area contributed by atoms with Crippen LogP contribution in [0.25, 0.3) is 0 Å². The Morgan fingerprint density at radius 2 is 1.89 bits per heavy atom. The number of alkyl halides is 1. The van der Waals surface area contributed by atoms with Crippen molar-refractivity contribution in [3.05, 3.63) is 76.5 Å². The molecule has 6 nitrogen and oxygen atoms in total. The lowest BCUT2D eigenvalue weighted by Crippen LogP contribution is -2.57. The fourth-order valence-electron chi connectivity index (χ4n) is 4.47. The van der Waals surface area contributed by atoms with E-state index >= 15 is 0 Å². The Balaban J connectivity index is 0.00000380. The summed E-state index contributed by atoms with van der Waals surface area (Å²) in [5, 5.41) is 5.43. The lowest BCUT2D eigenvalue weighted by Gasteiger charge is -2.40. The Kier molecular flexibility index (Phi) is 10.4. The van der Waals surface area contributed by atoms with Crippen LogP contribution in [0.2, 0.25) is 0 Å². The van der Waals surface area contributed by atoms with E-state index in [1.165, 1.54) is 11.3 Å². The SMILES string of the molecule is Cc1cc(Oc2ccccc2)ccc1N(C(=O)CCl)[C@H](C(=O)N1CCN[C@@H](C(C)C)C1)c1cccs1.Cl. The number of carbonyl (C=O) groups is 2. The lowest BCUT2D eigenvalue weighted by molar-refractivity contribution is -0.135. The molecule has 4 rings (SSSR count). The van der Waals surface area contributed by atoms with Gasteiger partial charge >= 0.3 is 0 Å². The van der Waals surface area contributed by atoms with Gasteiger partial charge in [0, 0.05) is 36.2 Å². The molecule has 1 aliphatic heterocycles. The minimum Gasteiger partial charge on any atom is -0.457 e. The van der Waals surface area contributed by atoms with Crippen LogP contribution in [0.1, 0.15) is 30.3 Å². The molecule has 0 saturated carbocycles. The Morgan fingerprint density at radius 3 is 2.51 bits per heavy atom. The van der Waals surface area contributed by atoms with Crippen LogP contribution in [0, 0.1) is 12.8 Å². The number of carbonyl (C=O) groups excluding carboxylic acids is 2. The third kappa shape index (κ3) is 6.85. The standard InChI is InChI=1S/C28H32ClN3O3S.ClH/c1-19(2)23-18-31(14-13-30-23)28(34)27(25-10-7-15-36-25)32(26(33)17-29)24-12-11-22(16-20(24)3)35-21-8-5-4-6-9-21;/h4-12,15-16,19,23,27,30H,13-14,17-18H2,1-3H3;1H/t23-,27+;/m1./s1. The van der Waals surface area contributed by atoms with Crippen LogP contribution in [0.15, 0.2) is 66.0 Å². The van der Waals surface area contributed by atoms with Gasteiger partial charge in [0.25, 0.3) is 5.91 Å². The number of nitrogens with one attached hydrogen (secondary N) is 1. The van der Waals surface area contributed by atoms with Gasteiger partial charge in [-0.25, -0.2) is 0 Å². The highest BCUT2D eigenvalue weighted by molar-refractivity contribution is 7.10. The van der Waals surface area contributed by atoms with Crippen LogP contribution in [0.3, 0.4) is 0 Å². The second kappa shape index (κ2) is 13.3.